The second-order valence-electron chi connectivity index (χ2n) is 8.09. The Balaban J connectivity index is 1.50. The van der Waals surface area contributed by atoms with Crippen molar-refractivity contribution in [2.45, 2.75) is 13.8 Å². The molecule has 0 unspecified atom stereocenters. The van der Waals surface area contributed by atoms with Gasteiger partial charge in [-0.25, -0.2) is 9.69 Å². The summed E-state index contributed by atoms with van der Waals surface area (Å²) in [4.78, 5) is 39.0. The number of benzene rings is 3. The van der Waals surface area contributed by atoms with E-state index in [-0.39, 0.29) is 5.57 Å². The molecular formula is C28H25BrN2O6. The van der Waals surface area contributed by atoms with Gasteiger partial charge in [-0.3, -0.25) is 14.9 Å². The number of carbonyl (C=O) groups excluding carboxylic acids is 3. The van der Waals surface area contributed by atoms with Crippen molar-refractivity contribution < 1.29 is 28.6 Å². The summed E-state index contributed by atoms with van der Waals surface area (Å²) in [5.41, 5.74) is 1.81. The average Bonchev–Trinajstić information content (AvgIpc) is 2.87. The smallest absolute Gasteiger partial charge is 0.335 e. The van der Waals surface area contributed by atoms with Gasteiger partial charge in [-0.15, -0.1) is 0 Å². The fourth-order valence-electron chi connectivity index (χ4n) is 3.67. The van der Waals surface area contributed by atoms with E-state index in [2.05, 4.69) is 21.2 Å². The quantitative estimate of drug-likeness (QED) is 0.216. The summed E-state index contributed by atoms with van der Waals surface area (Å²) < 4.78 is 18.1. The van der Waals surface area contributed by atoms with Gasteiger partial charge in [0.25, 0.3) is 11.8 Å². The van der Waals surface area contributed by atoms with Crippen LogP contribution in [0.25, 0.3) is 6.08 Å². The van der Waals surface area contributed by atoms with Crippen LogP contribution in [0.3, 0.4) is 0 Å². The van der Waals surface area contributed by atoms with E-state index in [1.165, 1.54) is 6.08 Å². The number of carbonyl (C=O) groups is 3. The highest BCUT2D eigenvalue weighted by Crippen LogP contribution is 2.30. The number of aryl methyl sites for hydroxylation is 1. The number of halogens is 1. The number of anilines is 1. The third-order valence-corrected chi connectivity index (χ3v) is 5.89. The molecule has 1 saturated heterocycles. The van der Waals surface area contributed by atoms with Crippen LogP contribution in [0.4, 0.5) is 10.5 Å². The Labute approximate surface area is 223 Å². The van der Waals surface area contributed by atoms with Crippen molar-refractivity contribution in [2.24, 2.45) is 0 Å². The Morgan fingerprint density at radius 1 is 0.892 bits per heavy atom. The molecule has 37 heavy (non-hydrogen) atoms. The standard InChI is InChI=1S/C28H25BrN2O6/c1-3-35-25-17-19(7-12-24(25)37-14-13-36-22-6-4-5-18(2)15-22)16-23-26(32)30-28(34)31(27(23)33)21-10-8-20(29)9-11-21/h4-12,15-17H,3,13-14H2,1-2H3,(H,30,32,34). The lowest BCUT2D eigenvalue weighted by Gasteiger charge is -2.26. The Morgan fingerprint density at radius 3 is 2.38 bits per heavy atom. The van der Waals surface area contributed by atoms with Crippen LogP contribution in [-0.2, 0) is 9.59 Å². The van der Waals surface area contributed by atoms with E-state index in [0.717, 1.165) is 20.7 Å². The van der Waals surface area contributed by atoms with Crippen molar-refractivity contribution in [2.75, 3.05) is 24.7 Å². The molecule has 1 heterocycles. The average molecular weight is 565 g/mol. The topological polar surface area (TPSA) is 94.2 Å². The summed E-state index contributed by atoms with van der Waals surface area (Å²) in [6.45, 7) is 4.86. The molecule has 190 valence electrons. The Morgan fingerprint density at radius 2 is 1.65 bits per heavy atom. The summed E-state index contributed by atoms with van der Waals surface area (Å²) in [5, 5.41) is 2.22. The van der Waals surface area contributed by atoms with Crippen molar-refractivity contribution in [3.8, 4) is 17.2 Å². The number of amides is 4. The van der Waals surface area contributed by atoms with E-state index in [1.807, 2.05) is 38.1 Å². The summed E-state index contributed by atoms with van der Waals surface area (Å²) in [5.74, 6) is 0.235. The van der Waals surface area contributed by atoms with Crippen molar-refractivity contribution in [3.63, 3.8) is 0 Å². The molecule has 8 nitrogen and oxygen atoms in total. The lowest BCUT2D eigenvalue weighted by Crippen LogP contribution is -2.54. The molecule has 1 aliphatic rings. The molecule has 0 atom stereocenters. The monoisotopic (exact) mass is 564 g/mol. The van der Waals surface area contributed by atoms with E-state index >= 15 is 0 Å². The van der Waals surface area contributed by atoms with E-state index in [1.54, 1.807) is 42.5 Å². The summed E-state index contributed by atoms with van der Waals surface area (Å²) in [6.07, 6.45) is 1.42. The molecule has 3 aromatic rings. The number of nitrogens with one attached hydrogen (secondary N) is 1. The van der Waals surface area contributed by atoms with Gasteiger partial charge in [0, 0.05) is 4.47 Å². The van der Waals surface area contributed by atoms with Crippen LogP contribution >= 0.6 is 15.9 Å². The lowest BCUT2D eigenvalue weighted by atomic mass is 10.1. The molecule has 0 aliphatic carbocycles. The van der Waals surface area contributed by atoms with Crippen molar-refractivity contribution in [3.05, 3.63) is 87.9 Å². The maximum Gasteiger partial charge on any atom is 0.335 e. The minimum absolute atomic E-state index is 0.176. The Bertz CT molecular complexity index is 1350. The van der Waals surface area contributed by atoms with Gasteiger partial charge in [0.15, 0.2) is 11.5 Å². The van der Waals surface area contributed by atoms with Gasteiger partial charge in [0.2, 0.25) is 0 Å². The zero-order chi connectivity index (χ0) is 26.4. The summed E-state index contributed by atoms with van der Waals surface area (Å²) in [6, 6.07) is 18.6. The Kier molecular flexibility index (Phi) is 8.25. The van der Waals surface area contributed by atoms with Crippen LogP contribution in [0.15, 0.2) is 76.8 Å². The predicted molar refractivity (Wildman–Crippen MR) is 143 cm³/mol. The van der Waals surface area contributed by atoms with Crippen LogP contribution in [0, 0.1) is 6.92 Å². The highest BCUT2D eigenvalue weighted by molar-refractivity contribution is 9.10. The molecule has 0 saturated carbocycles. The van der Waals surface area contributed by atoms with Crippen LogP contribution in [-0.4, -0.2) is 37.7 Å². The number of urea groups is 1. The van der Waals surface area contributed by atoms with Crippen molar-refractivity contribution in [1.82, 2.24) is 5.32 Å². The fraction of sp³-hybridized carbons (Fsp3) is 0.179. The van der Waals surface area contributed by atoms with Crippen molar-refractivity contribution in [1.29, 1.82) is 0 Å². The normalized spacial score (nSPS) is 14.5. The van der Waals surface area contributed by atoms with Crippen LogP contribution in [0.1, 0.15) is 18.1 Å². The molecule has 1 aliphatic heterocycles. The number of ether oxygens (including phenoxy) is 3. The SMILES string of the molecule is CCOc1cc(C=C2C(=O)NC(=O)N(c3ccc(Br)cc3)C2=O)ccc1OCCOc1cccc(C)c1. The third-order valence-electron chi connectivity index (χ3n) is 5.36. The molecule has 9 heteroatoms. The van der Waals surface area contributed by atoms with Gasteiger partial charge in [-0.2, -0.15) is 0 Å². The molecule has 3 aromatic carbocycles. The lowest BCUT2D eigenvalue weighted by molar-refractivity contribution is -0.122. The minimum Gasteiger partial charge on any atom is -0.490 e. The molecular weight excluding hydrogens is 540 g/mol. The Hall–Kier alpha value is -4.11. The molecule has 0 spiro atoms. The highest BCUT2D eigenvalue weighted by atomic mass is 79.9. The van der Waals surface area contributed by atoms with Gasteiger partial charge < -0.3 is 14.2 Å². The third kappa shape index (κ3) is 6.37. The number of rotatable bonds is 9. The van der Waals surface area contributed by atoms with Crippen LogP contribution in [0.5, 0.6) is 17.2 Å². The second-order valence-corrected chi connectivity index (χ2v) is 9.00. The first-order valence-electron chi connectivity index (χ1n) is 11.6. The van der Waals surface area contributed by atoms with E-state index in [4.69, 9.17) is 14.2 Å². The number of barbiturate groups is 1. The number of hydrogen-bond donors (Lipinski definition) is 1. The van der Waals surface area contributed by atoms with Gasteiger partial charge in [0.1, 0.15) is 24.5 Å². The van der Waals surface area contributed by atoms with Gasteiger partial charge in [-0.05, 0) is 79.6 Å². The fourth-order valence-corrected chi connectivity index (χ4v) is 3.93. The maximum absolute atomic E-state index is 13.1. The summed E-state index contributed by atoms with van der Waals surface area (Å²) >= 11 is 3.32. The second kappa shape index (κ2) is 11.7. The number of hydrogen-bond acceptors (Lipinski definition) is 6. The first kappa shape index (κ1) is 26.0. The van der Waals surface area contributed by atoms with E-state index < -0.39 is 17.8 Å². The molecule has 1 N–H and O–H groups in total. The minimum atomic E-state index is -0.805. The number of imide groups is 2. The maximum atomic E-state index is 13.1. The van der Waals surface area contributed by atoms with Gasteiger partial charge in [0.05, 0.1) is 12.3 Å². The summed E-state index contributed by atoms with van der Waals surface area (Å²) in [7, 11) is 0. The molecule has 4 amide bonds. The largest absolute Gasteiger partial charge is 0.490 e. The molecule has 0 aromatic heterocycles. The van der Waals surface area contributed by atoms with Gasteiger partial charge in [-0.1, -0.05) is 34.1 Å². The predicted octanol–water partition coefficient (Wildman–Crippen LogP) is 5.28. The van der Waals surface area contributed by atoms with E-state index in [0.29, 0.717) is 42.6 Å². The zero-order valence-corrected chi connectivity index (χ0v) is 21.9. The molecule has 0 radical (unpaired) electrons. The van der Waals surface area contributed by atoms with Crippen LogP contribution < -0.4 is 24.4 Å². The van der Waals surface area contributed by atoms with Crippen LogP contribution in [0.2, 0.25) is 0 Å². The first-order valence-corrected chi connectivity index (χ1v) is 12.4. The highest BCUT2D eigenvalue weighted by Gasteiger charge is 2.36. The number of nitrogens with zero attached hydrogens (tertiary/aromatic N) is 1. The first-order chi connectivity index (χ1) is 17.9. The zero-order valence-electron chi connectivity index (χ0n) is 20.3. The van der Waals surface area contributed by atoms with Crippen molar-refractivity contribution >= 4 is 45.5 Å². The molecule has 4 rings (SSSR count). The molecule has 0 bridgehead atoms. The van der Waals surface area contributed by atoms with E-state index in [9.17, 15) is 14.4 Å². The van der Waals surface area contributed by atoms with Gasteiger partial charge >= 0.3 is 6.03 Å². The molecule has 1 fully saturated rings.